The summed E-state index contributed by atoms with van der Waals surface area (Å²) >= 11 is 6.64. The Bertz CT molecular complexity index is 317. The van der Waals surface area contributed by atoms with Gasteiger partial charge in [-0.05, 0) is 61.7 Å². The van der Waals surface area contributed by atoms with Crippen molar-refractivity contribution in [3.63, 3.8) is 0 Å². The smallest absolute Gasteiger partial charge is 0.0452 e. The maximum absolute atomic E-state index is 6.64. The van der Waals surface area contributed by atoms with E-state index < -0.39 is 0 Å². The SMILES string of the molecule is CC1(Cl)CC2C[C@H]1C1C3C=CC(C3)C21. The lowest BCUT2D eigenvalue weighted by molar-refractivity contribution is 0.174. The van der Waals surface area contributed by atoms with Crippen LogP contribution in [0, 0.1) is 35.5 Å². The average Bonchev–Trinajstić information content (AvgIpc) is 2.73. The zero-order valence-corrected chi connectivity index (χ0v) is 9.37. The van der Waals surface area contributed by atoms with E-state index in [2.05, 4.69) is 19.1 Å². The van der Waals surface area contributed by atoms with Crippen molar-refractivity contribution in [1.29, 1.82) is 0 Å². The Morgan fingerprint density at radius 3 is 2.64 bits per heavy atom. The highest BCUT2D eigenvalue weighted by Gasteiger charge is 2.64. The first-order valence-corrected chi connectivity index (χ1v) is 6.42. The van der Waals surface area contributed by atoms with E-state index in [1.54, 1.807) is 0 Å². The molecule has 0 saturated heterocycles. The lowest BCUT2D eigenvalue weighted by atomic mass is 9.69. The van der Waals surface area contributed by atoms with Gasteiger partial charge in [0.05, 0.1) is 0 Å². The summed E-state index contributed by atoms with van der Waals surface area (Å²) in [5.41, 5.74) is 0. The summed E-state index contributed by atoms with van der Waals surface area (Å²) in [6.45, 7) is 2.28. The summed E-state index contributed by atoms with van der Waals surface area (Å²) < 4.78 is 0. The van der Waals surface area contributed by atoms with Crippen LogP contribution in [0.25, 0.3) is 0 Å². The third-order valence-electron chi connectivity index (χ3n) is 5.58. The molecule has 1 heteroatoms. The first kappa shape index (κ1) is 8.21. The molecule has 0 aromatic rings. The number of hydrogen-bond donors (Lipinski definition) is 0. The van der Waals surface area contributed by atoms with Gasteiger partial charge in [-0.2, -0.15) is 0 Å². The van der Waals surface area contributed by atoms with Gasteiger partial charge < -0.3 is 0 Å². The molecule has 76 valence electrons. The number of allylic oxidation sites excluding steroid dienone is 2. The summed E-state index contributed by atoms with van der Waals surface area (Å²) in [5.74, 6) is 5.63. The van der Waals surface area contributed by atoms with Gasteiger partial charge in [-0.15, -0.1) is 11.6 Å². The van der Waals surface area contributed by atoms with Crippen LogP contribution in [-0.4, -0.2) is 4.87 Å². The topological polar surface area (TPSA) is 0 Å². The van der Waals surface area contributed by atoms with Crippen LogP contribution in [0.1, 0.15) is 26.2 Å². The van der Waals surface area contributed by atoms with E-state index in [1.165, 1.54) is 19.3 Å². The summed E-state index contributed by atoms with van der Waals surface area (Å²) in [4.78, 5) is 0.143. The second-order valence-corrected chi connectivity index (χ2v) is 7.05. The van der Waals surface area contributed by atoms with E-state index in [-0.39, 0.29) is 4.87 Å². The first-order valence-electron chi connectivity index (χ1n) is 6.04. The number of hydrogen-bond acceptors (Lipinski definition) is 0. The van der Waals surface area contributed by atoms with Gasteiger partial charge in [-0.1, -0.05) is 12.2 Å². The van der Waals surface area contributed by atoms with Gasteiger partial charge in [0, 0.05) is 4.87 Å². The lowest BCUT2D eigenvalue weighted by Crippen LogP contribution is -2.38. The van der Waals surface area contributed by atoms with E-state index in [0.29, 0.717) is 0 Å². The summed E-state index contributed by atoms with van der Waals surface area (Å²) in [7, 11) is 0. The minimum absolute atomic E-state index is 0.143. The molecular formula is C13H17Cl. The van der Waals surface area contributed by atoms with Crippen LogP contribution in [0.3, 0.4) is 0 Å². The molecule has 0 radical (unpaired) electrons. The predicted molar refractivity (Wildman–Crippen MR) is 58.2 cm³/mol. The zero-order chi connectivity index (χ0) is 9.50. The molecule has 0 aromatic carbocycles. The highest BCUT2D eigenvalue weighted by molar-refractivity contribution is 6.24. The first-order chi connectivity index (χ1) is 6.67. The van der Waals surface area contributed by atoms with Crippen molar-refractivity contribution in [3.05, 3.63) is 12.2 Å². The van der Waals surface area contributed by atoms with Crippen molar-refractivity contribution in [3.8, 4) is 0 Å². The molecule has 6 unspecified atom stereocenters. The molecule has 4 bridgehead atoms. The molecule has 0 nitrogen and oxygen atoms in total. The van der Waals surface area contributed by atoms with Gasteiger partial charge >= 0.3 is 0 Å². The Kier molecular flexibility index (Phi) is 1.31. The van der Waals surface area contributed by atoms with Gasteiger partial charge in [0.1, 0.15) is 0 Å². The monoisotopic (exact) mass is 208 g/mol. The van der Waals surface area contributed by atoms with Gasteiger partial charge in [-0.25, -0.2) is 0 Å². The molecule has 3 saturated carbocycles. The third kappa shape index (κ3) is 0.755. The Morgan fingerprint density at radius 2 is 1.86 bits per heavy atom. The fourth-order valence-corrected chi connectivity index (χ4v) is 5.73. The van der Waals surface area contributed by atoms with Gasteiger partial charge in [0.15, 0.2) is 0 Å². The largest absolute Gasteiger partial charge is 0.119 e. The van der Waals surface area contributed by atoms with Gasteiger partial charge in [0.25, 0.3) is 0 Å². The van der Waals surface area contributed by atoms with E-state index in [4.69, 9.17) is 11.6 Å². The molecule has 4 aliphatic carbocycles. The highest BCUT2D eigenvalue weighted by Crippen LogP contribution is 2.69. The molecule has 4 rings (SSSR count). The molecule has 14 heavy (non-hydrogen) atoms. The van der Waals surface area contributed by atoms with Crippen LogP contribution in [-0.2, 0) is 0 Å². The van der Waals surface area contributed by atoms with Crippen molar-refractivity contribution in [1.82, 2.24) is 0 Å². The Hall–Kier alpha value is 0.0300. The molecule has 0 aliphatic heterocycles. The van der Waals surface area contributed by atoms with Crippen LogP contribution in [0.5, 0.6) is 0 Å². The maximum atomic E-state index is 6.64. The highest BCUT2D eigenvalue weighted by atomic mass is 35.5. The Morgan fingerprint density at radius 1 is 1.14 bits per heavy atom. The molecule has 0 spiro atoms. The number of alkyl halides is 1. The minimum Gasteiger partial charge on any atom is -0.119 e. The predicted octanol–water partition coefficient (Wildman–Crippen LogP) is 3.46. The quantitative estimate of drug-likeness (QED) is 0.325. The number of rotatable bonds is 0. The maximum Gasteiger partial charge on any atom is 0.0452 e. The van der Waals surface area contributed by atoms with E-state index >= 15 is 0 Å². The number of fused-ring (bicyclic) bond motifs is 9. The fraction of sp³-hybridized carbons (Fsp3) is 0.846. The van der Waals surface area contributed by atoms with Gasteiger partial charge in [-0.3, -0.25) is 0 Å². The van der Waals surface area contributed by atoms with Crippen molar-refractivity contribution >= 4 is 11.6 Å². The van der Waals surface area contributed by atoms with Crippen LogP contribution in [0.4, 0.5) is 0 Å². The Balaban J connectivity index is 1.79. The zero-order valence-electron chi connectivity index (χ0n) is 8.62. The molecule has 3 fully saturated rings. The van der Waals surface area contributed by atoms with Crippen molar-refractivity contribution < 1.29 is 0 Å². The van der Waals surface area contributed by atoms with Crippen molar-refractivity contribution in [2.45, 2.75) is 31.1 Å². The summed E-state index contributed by atoms with van der Waals surface area (Å²) in [6.07, 6.45) is 9.16. The molecule has 0 N–H and O–H groups in total. The molecule has 7 atom stereocenters. The minimum atomic E-state index is 0.143. The summed E-state index contributed by atoms with van der Waals surface area (Å²) in [6, 6.07) is 0. The van der Waals surface area contributed by atoms with Crippen LogP contribution < -0.4 is 0 Å². The lowest BCUT2D eigenvalue weighted by Gasteiger charge is -2.39. The second-order valence-electron chi connectivity index (χ2n) is 6.19. The van der Waals surface area contributed by atoms with Gasteiger partial charge in [0.2, 0.25) is 0 Å². The second kappa shape index (κ2) is 2.24. The van der Waals surface area contributed by atoms with Crippen molar-refractivity contribution in [2.75, 3.05) is 0 Å². The summed E-state index contributed by atoms with van der Waals surface area (Å²) in [5, 5.41) is 0. The Labute approximate surface area is 90.7 Å². The van der Waals surface area contributed by atoms with Crippen LogP contribution >= 0.6 is 11.6 Å². The molecule has 0 heterocycles. The van der Waals surface area contributed by atoms with Crippen LogP contribution in [0.15, 0.2) is 12.2 Å². The van der Waals surface area contributed by atoms with E-state index in [9.17, 15) is 0 Å². The normalized spacial score (nSPS) is 67.9. The molecular weight excluding hydrogens is 192 g/mol. The number of halogens is 1. The molecule has 0 amide bonds. The fourth-order valence-electron chi connectivity index (χ4n) is 5.30. The van der Waals surface area contributed by atoms with Crippen molar-refractivity contribution in [2.24, 2.45) is 35.5 Å². The molecule has 0 aromatic heterocycles. The average molecular weight is 209 g/mol. The van der Waals surface area contributed by atoms with E-state index in [1.807, 2.05) is 0 Å². The third-order valence-corrected chi connectivity index (χ3v) is 6.02. The standard InChI is InChI=1S/C13H17Cl/c1-13(14)6-9-5-10(13)12-8-3-2-7(4-8)11(9)12/h2-3,7-12H,4-6H2,1H3/t7?,8?,9?,10-,11?,12?,13?/m0/s1. The van der Waals surface area contributed by atoms with Crippen LogP contribution in [0.2, 0.25) is 0 Å². The van der Waals surface area contributed by atoms with E-state index in [0.717, 1.165) is 35.5 Å². The molecule has 4 aliphatic rings.